The van der Waals surface area contributed by atoms with E-state index in [2.05, 4.69) is 0 Å². The fraction of sp³-hybridized carbons (Fsp3) is 0.111. The molecule has 0 fully saturated rings. The van der Waals surface area contributed by atoms with Crippen LogP contribution in [0.15, 0.2) is 18.2 Å². The number of benzene rings is 1. The van der Waals surface area contributed by atoms with Crippen molar-refractivity contribution in [2.75, 3.05) is 7.11 Å². The highest BCUT2D eigenvalue weighted by Gasteiger charge is 2.07. The van der Waals surface area contributed by atoms with Gasteiger partial charge in [-0.1, -0.05) is 11.6 Å². The van der Waals surface area contributed by atoms with Crippen molar-refractivity contribution in [3.05, 3.63) is 28.4 Å². The first-order valence-electron chi connectivity index (χ1n) is 3.63. The molecule has 4 heteroatoms. The summed E-state index contributed by atoms with van der Waals surface area (Å²) in [6, 6.07) is 4.53. The van der Waals surface area contributed by atoms with E-state index in [9.17, 15) is 4.39 Å². The van der Waals surface area contributed by atoms with Gasteiger partial charge >= 0.3 is 0 Å². The molecule has 0 radical (unpaired) electrons. The van der Waals surface area contributed by atoms with Crippen LogP contribution < -0.4 is 4.74 Å². The Labute approximate surface area is 83.7 Å². The molecule has 0 saturated heterocycles. The lowest BCUT2D eigenvalue weighted by atomic mass is 10.2. The van der Waals surface area contributed by atoms with Gasteiger partial charge in [-0.2, -0.15) is 0 Å². The van der Waals surface area contributed by atoms with Crippen molar-refractivity contribution in [2.45, 2.75) is 0 Å². The quantitative estimate of drug-likeness (QED) is 0.706. The molecule has 0 saturated carbocycles. The topological polar surface area (TPSA) is 9.23 Å². The molecule has 0 bridgehead atoms. The monoisotopic (exact) mass is 216 g/mol. The highest BCUT2D eigenvalue weighted by molar-refractivity contribution is 7.23. The Morgan fingerprint density at radius 3 is 2.85 bits per heavy atom. The molecular weight excluding hydrogens is 211 g/mol. The number of rotatable bonds is 1. The summed E-state index contributed by atoms with van der Waals surface area (Å²) in [5, 5.41) is 0.784. The maximum absolute atomic E-state index is 13.0. The Kier molecular flexibility index (Phi) is 2.14. The third kappa shape index (κ3) is 1.49. The van der Waals surface area contributed by atoms with E-state index >= 15 is 0 Å². The number of ether oxygens (including phenoxy) is 1. The van der Waals surface area contributed by atoms with Crippen LogP contribution in [0.2, 0.25) is 4.34 Å². The van der Waals surface area contributed by atoms with Crippen LogP contribution in [0.3, 0.4) is 0 Å². The molecule has 13 heavy (non-hydrogen) atoms. The summed E-state index contributed by atoms with van der Waals surface area (Å²) < 4.78 is 19.5. The smallest absolute Gasteiger partial charge is 0.139 e. The van der Waals surface area contributed by atoms with Crippen molar-refractivity contribution in [3.63, 3.8) is 0 Å². The summed E-state index contributed by atoms with van der Waals surface area (Å²) in [7, 11) is 1.52. The SMILES string of the molecule is COc1cc(F)cc2cc(Cl)sc12. The van der Waals surface area contributed by atoms with E-state index in [-0.39, 0.29) is 5.82 Å². The maximum Gasteiger partial charge on any atom is 0.139 e. The van der Waals surface area contributed by atoms with E-state index in [1.165, 1.54) is 30.6 Å². The highest BCUT2D eigenvalue weighted by atomic mass is 35.5. The molecule has 0 aliphatic heterocycles. The van der Waals surface area contributed by atoms with E-state index in [1.54, 1.807) is 6.07 Å². The molecule has 68 valence electrons. The van der Waals surface area contributed by atoms with Crippen LogP contribution in [0, 0.1) is 5.82 Å². The van der Waals surface area contributed by atoms with Crippen LogP contribution in [0.25, 0.3) is 10.1 Å². The zero-order valence-corrected chi connectivity index (χ0v) is 8.38. The van der Waals surface area contributed by atoms with Gasteiger partial charge in [0.2, 0.25) is 0 Å². The molecule has 1 heterocycles. The second kappa shape index (κ2) is 3.16. The first-order chi connectivity index (χ1) is 6.20. The third-order valence-corrected chi connectivity index (χ3v) is 3.03. The van der Waals surface area contributed by atoms with Gasteiger partial charge in [0, 0.05) is 11.5 Å². The molecular formula is C9H6ClFOS. The molecule has 0 aliphatic rings. The second-order valence-corrected chi connectivity index (χ2v) is 4.26. The van der Waals surface area contributed by atoms with Crippen molar-refractivity contribution in [1.82, 2.24) is 0 Å². The lowest BCUT2D eigenvalue weighted by Crippen LogP contribution is -1.83. The van der Waals surface area contributed by atoms with Crippen molar-refractivity contribution >= 4 is 33.0 Å². The number of halogens is 2. The Bertz CT molecular complexity index is 452. The Balaban J connectivity index is 2.80. The van der Waals surface area contributed by atoms with Gasteiger partial charge in [-0.25, -0.2) is 4.39 Å². The van der Waals surface area contributed by atoms with Gasteiger partial charge in [0.05, 0.1) is 16.1 Å². The van der Waals surface area contributed by atoms with Gasteiger partial charge in [0.15, 0.2) is 0 Å². The fourth-order valence-corrected chi connectivity index (χ4v) is 2.41. The third-order valence-electron chi connectivity index (χ3n) is 1.74. The first kappa shape index (κ1) is 8.78. The van der Waals surface area contributed by atoms with E-state index in [4.69, 9.17) is 16.3 Å². The van der Waals surface area contributed by atoms with E-state index in [0.29, 0.717) is 10.1 Å². The van der Waals surface area contributed by atoms with Crippen molar-refractivity contribution < 1.29 is 9.13 Å². The number of methoxy groups -OCH3 is 1. The van der Waals surface area contributed by atoms with Crippen LogP contribution in [-0.2, 0) is 0 Å². The van der Waals surface area contributed by atoms with Gasteiger partial charge < -0.3 is 4.74 Å². The maximum atomic E-state index is 13.0. The molecule has 2 rings (SSSR count). The summed E-state index contributed by atoms with van der Waals surface area (Å²) in [4.78, 5) is 0. The molecule has 1 aromatic heterocycles. The second-order valence-electron chi connectivity index (χ2n) is 2.58. The van der Waals surface area contributed by atoms with Crippen LogP contribution in [-0.4, -0.2) is 7.11 Å². The van der Waals surface area contributed by atoms with E-state index in [1.807, 2.05) is 0 Å². The molecule has 2 aromatic rings. The Hall–Kier alpha value is -0.800. The molecule has 0 unspecified atom stereocenters. The largest absolute Gasteiger partial charge is 0.495 e. The van der Waals surface area contributed by atoms with Gasteiger partial charge in [0.25, 0.3) is 0 Å². The molecule has 0 amide bonds. The van der Waals surface area contributed by atoms with Crippen LogP contribution in [0.1, 0.15) is 0 Å². The van der Waals surface area contributed by atoms with Crippen molar-refractivity contribution in [1.29, 1.82) is 0 Å². The van der Waals surface area contributed by atoms with E-state index < -0.39 is 0 Å². The predicted molar refractivity (Wildman–Crippen MR) is 53.3 cm³/mol. The lowest BCUT2D eigenvalue weighted by molar-refractivity contribution is 0.417. The Morgan fingerprint density at radius 2 is 2.15 bits per heavy atom. The van der Waals surface area contributed by atoms with Crippen molar-refractivity contribution in [3.8, 4) is 5.75 Å². The first-order valence-corrected chi connectivity index (χ1v) is 4.83. The average molecular weight is 217 g/mol. The highest BCUT2D eigenvalue weighted by Crippen LogP contribution is 2.36. The molecule has 1 nitrogen and oxygen atoms in total. The molecule has 0 spiro atoms. The van der Waals surface area contributed by atoms with Gasteiger partial charge in [-0.05, 0) is 12.1 Å². The number of hydrogen-bond acceptors (Lipinski definition) is 2. The fourth-order valence-electron chi connectivity index (χ4n) is 1.21. The Morgan fingerprint density at radius 1 is 1.38 bits per heavy atom. The number of fused-ring (bicyclic) bond motifs is 1. The predicted octanol–water partition coefficient (Wildman–Crippen LogP) is 3.70. The average Bonchev–Trinajstić information content (AvgIpc) is 2.43. The van der Waals surface area contributed by atoms with Crippen LogP contribution in [0.5, 0.6) is 5.75 Å². The zero-order valence-electron chi connectivity index (χ0n) is 6.80. The van der Waals surface area contributed by atoms with E-state index in [0.717, 1.165) is 10.1 Å². The van der Waals surface area contributed by atoms with Gasteiger partial charge in [0.1, 0.15) is 11.6 Å². The summed E-state index contributed by atoms with van der Waals surface area (Å²) in [5.41, 5.74) is 0. The van der Waals surface area contributed by atoms with Crippen molar-refractivity contribution in [2.24, 2.45) is 0 Å². The number of hydrogen-bond donors (Lipinski definition) is 0. The van der Waals surface area contributed by atoms with Gasteiger partial charge in [-0.3, -0.25) is 0 Å². The zero-order chi connectivity index (χ0) is 9.42. The molecule has 0 N–H and O–H groups in total. The normalized spacial score (nSPS) is 10.7. The minimum Gasteiger partial charge on any atom is -0.495 e. The number of thiophene rings is 1. The lowest BCUT2D eigenvalue weighted by Gasteiger charge is -2.00. The van der Waals surface area contributed by atoms with Crippen LogP contribution >= 0.6 is 22.9 Å². The molecule has 0 aliphatic carbocycles. The standard InChI is InChI=1S/C9H6ClFOS/c1-12-7-4-6(11)2-5-3-8(10)13-9(5)7/h2-4H,1H3. The summed E-state index contributed by atoms with van der Waals surface area (Å²) in [6.45, 7) is 0. The summed E-state index contributed by atoms with van der Waals surface area (Å²) in [5.74, 6) is 0.228. The summed E-state index contributed by atoms with van der Waals surface area (Å²) in [6.07, 6.45) is 0. The molecule has 1 aromatic carbocycles. The van der Waals surface area contributed by atoms with Crippen LogP contribution in [0.4, 0.5) is 4.39 Å². The summed E-state index contributed by atoms with van der Waals surface area (Å²) >= 11 is 7.19. The van der Waals surface area contributed by atoms with Gasteiger partial charge in [-0.15, -0.1) is 11.3 Å². The minimum atomic E-state index is -0.307. The minimum absolute atomic E-state index is 0.307. The molecule has 0 atom stereocenters.